The van der Waals surface area contributed by atoms with Crippen molar-refractivity contribution < 1.29 is 4.74 Å². The summed E-state index contributed by atoms with van der Waals surface area (Å²) in [7, 11) is 1.76. The summed E-state index contributed by atoms with van der Waals surface area (Å²) in [6.45, 7) is 8.44. The molecule has 0 amide bonds. The highest BCUT2D eigenvalue weighted by molar-refractivity contribution is 5.92. The van der Waals surface area contributed by atoms with Crippen molar-refractivity contribution in [1.82, 2.24) is 14.8 Å². The van der Waals surface area contributed by atoms with Crippen LogP contribution >= 0.6 is 0 Å². The molecule has 1 unspecified atom stereocenters. The number of hydrogen-bond donors (Lipinski definition) is 1. The van der Waals surface area contributed by atoms with Gasteiger partial charge in [-0.05, 0) is 18.9 Å². The molecule has 6 heteroatoms. The summed E-state index contributed by atoms with van der Waals surface area (Å²) in [5, 5.41) is 13.4. The van der Waals surface area contributed by atoms with E-state index in [0.717, 1.165) is 50.1 Å². The topological polar surface area (TPSA) is 69.0 Å². The maximum absolute atomic E-state index is 12.5. The van der Waals surface area contributed by atoms with Gasteiger partial charge < -0.3 is 14.6 Å². The second-order valence-corrected chi connectivity index (χ2v) is 5.88. The van der Waals surface area contributed by atoms with Crippen molar-refractivity contribution in [2.24, 2.45) is 13.0 Å². The Labute approximate surface area is 143 Å². The Balaban J connectivity index is 0.00000100. The van der Waals surface area contributed by atoms with Gasteiger partial charge in [-0.1, -0.05) is 27.2 Å². The molecule has 1 aliphatic heterocycles. The monoisotopic (exact) mass is 332 g/mol. The van der Waals surface area contributed by atoms with E-state index in [-0.39, 0.29) is 5.56 Å². The molecule has 3 rings (SSSR count). The van der Waals surface area contributed by atoms with Crippen LogP contribution in [0.5, 0.6) is 0 Å². The molecule has 0 aliphatic carbocycles. The van der Waals surface area contributed by atoms with Crippen molar-refractivity contribution in [2.75, 3.05) is 25.1 Å². The number of fused-ring (bicyclic) bond motifs is 1. The van der Waals surface area contributed by atoms with Crippen molar-refractivity contribution in [1.29, 1.82) is 0 Å². The zero-order chi connectivity index (χ0) is 17.5. The van der Waals surface area contributed by atoms with Gasteiger partial charge >= 0.3 is 0 Å². The SMILES string of the molecule is CC.CCCc1nnc(NCC2CCOC2)c2c(=O)n(C)ccc12. The molecule has 1 aliphatic rings. The smallest absolute Gasteiger partial charge is 0.262 e. The van der Waals surface area contributed by atoms with Gasteiger partial charge in [-0.25, -0.2) is 0 Å². The highest BCUT2D eigenvalue weighted by Crippen LogP contribution is 2.21. The minimum absolute atomic E-state index is 0.0325. The van der Waals surface area contributed by atoms with Gasteiger partial charge in [0.15, 0.2) is 5.82 Å². The van der Waals surface area contributed by atoms with E-state index in [0.29, 0.717) is 17.1 Å². The van der Waals surface area contributed by atoms with Crippen molar-refractivity contribution >= 4 is 16.6 Å². The molecule has 1 saturated heterocycles. The van der Waals surface area contributed by atoms with Crippen LogP contribution in [0.2, 0.25) is 0 Å². The van der Waals surface area contributed by atoms with Crippen molar-refractivity contribution in [2.45, 2.75) is 40.0 Å². The third-order valence-corrected chi connectivity index (χ3v) is 4.16. The zero-order valence-corrected chi connectivity index (χ0v) is 15.1. The Bertz CT molecular complexity index is 721. The first-order valence-corrected chi connectivity index (χ1v) is 8.87. The number of rotatable bonds is 5. The molecule has 0 spiro atoms. The lowest BCUT2D eigenvalue weighted by molar-refractivity contribution is 0.187. The first-order chi connectivity index (χ1) is 11.7. The molecule has 2 aromatic rings. The number of pyridine rings is 1. The van der Waals surface area contributed by atoms with Gasteiger partial charge in [-0.3, -0.25) is 4.79 Å². The van der Waals surface area contributed by atoms with E-state index in [1.165, 1.54) is 0 Å². The van der Waals surface area contributed by atoms with Gasteiger partial charge in [0.1, 0.15) is 0 Å². The molecule has 0 radical (unpaired) electrons. The minimum atomic E-state index is -0.0325. The fourth-order valence-corrected chi connectivity index (χ4v) is 2.84. The Morgan fingerprint density at radius 2 is 2.17 bits per heavy atom. The Hall–Kier alpha value is -1.95. The van der Waals surface area contributed by atoms with Gasteiger partial charge in [-0.15, -0.1) is 5.10 Å². The van der Waals surface area contributed by atoms with Crippen LogP contribution in [0.4, 0.5) is 5.82 Å². The van der Waals surface area contributed by atoms with Crippen molar-refractivity contribution in [3.05, 3.63) is 28.3 Å². The van der Waals surface area contributed by atoms with Gasteiger partial charge in [0.25, 0.3) is 5.56 Å². The summed E-state index contributed by atoms with van der Waals surface area (Å²) >= 11 is 0. The Morgan fingerprint density at radius 3 is 2.83 bits per heavy atom. The normalized spacial score (nSPS) is 16.8. The average Bonchev–Trinajstić information content (AvgIpc) is 3.13. The second kappa shape index (κ2) is 8.78. The van der Waals surface area contributed by atoms with Crippen LogP contribution in [0.25, 0.3) is 10.8 Å². The number of aromatic nitrogens is 3. The number of ether oxygens (including phenoxy) is 1. The predicted molar refractivity (Wildman–Crippen MR) is 97.5 cm³/mol. The number of aryl methyl sites for hydroxylation is 2. The summed E-state index contributed by atoms with van der Waals surface area (Å²) < 4.78 is 6.97. The highest BCUT2D eigenvalue weighted by atomic mass is 16.5. The molecule has 3 heterocycles. The van der Waals surface area contributed by atoms with E-state index < -0.39 is 0 Å². The van der Waals surface area contributed by atoms with E-state index in [2.05, 4.69) is 22.4 Å². The fourth-order valence-electron chi connectivity index (χ4n) is 2.84. The molecule has 1 fully saturated rings. The molecule has 0 bridgehead atoms. The molecular formula is C18H28N4O2. The van der Waals surface area contributed by atoms with Crippen LogP contribution in [0.3, 0.4) is 0 Å². The van der Waals surface area contributed by atoms with Crippen LogP contribution in [0.1, 0.15) is 39.3 Å². The lowest BCUT2D eigenvalue weighted by atomic mass is 10.1. The lowest BCUT2D eigenvalue weighted by Gasteiger charge is -2.13. The standard InChI is InChI=1S/C16H22N4O2.C2H6/c1-3-4-13-12-5-7-20(2)16(21)14(12)15(19-18-13)17-9-11-6-8-22-10-11;1-2/h5,7,11H,3-4,6,8-10H2,1-2H3,(H,17,19);1-2H3. The minimum Gasteiger partial charge on any atom is -0.381 e. The molecule has 1 atom stereocenters. The van der Waals surface area contributed by atoms with E-state index >= 15 is 0 Å². The number of anilines is 1. The maximum atomic E-state index is 12.5. The van der Waals surface area contributed by atoms with Gasteiger partial charge in [0, 0.05) is 37.7 Å². The number of nitrogens with zero attached hydrogens (tertiary/aromatic N) is 3. The Kier molecular flexibility index (Phi) is 6.73. The Morgan fingerprint density at radius 1 is 1.38 bits per heavy atom. The fraction of sp³-hybridized carbons (Fsp3) is 0.611. The van der Waals surface area contributed by atoms with Gasteiger partial charge in [0.2, 0.25) is 0 Å². The van der Waals surface area contributed by atoms with Crippen LogP contribution in [0.15, 0.2) is 17.1 Å². The molecule has 132 valence electrons. The molecule has 24 heavy (non-hydrogen) atoms. The van der Waals surface area contributed by atoms with Crippen molar-refractivity contribution in [3.8, 4) is 0 Å². The van der Waals surface area contributed by atoms with Crippen LogP contribution in [-0.4, -0.2) is 34.5 Å². The van der Waals surface area contributed by atoms with Crippen LogP contribution in [0, 0.1) is 5.92 Å². The zero-order valence-electron chi connectivity index (χ0n) is 15.1. The van der Waals surface area contributed by atoms with E-state index in [9.17, 15) is 4.79 Å². The van der Waals surface area contributed by atoms with Gasteiger partial charge in [-0.2, -0.15) is 5.10 Å². The summed E-state index contributed by atoms with van der Waals surface area (Å²) in [5.74, 6) is 1.06. The largest absolute Gasteiger partial charge is 0.381 e. The molecule has 0 saturated carbocycles. The number of nitrogens with one attached hydrogen (secondary N) is 1. The molecule has 1 N–H and O–H groups in total. The second-order valence-electron chi connectivity index (χ2n) is 5.88. The summed E-state index contributed by atoms with van der Waals surface area (Å²) in [6, 6.07) is 1.96. The maximum Gasteiger partial charge on any atom is 0.262 e. The highest BCUT2D eigenvalue weighted by Gasteiger charge is 2.18. The third-order valence-electron chi connectivity index (χ3n) is 4.16. The average molecular weight is 332 g/mol. The summed E-state index contributed by atoms with van der Waals surface area (Å²) in [4.78, 5) is 12.5. The predicted octanol–water partition coefficient (Wildman–Crippen LogP) is 2.76. The first-order valence-electron chi connectivity index (χ1n) is 8.87. The van der Waals surface area contributed by atoms with Crippen LogP contribution in [-0.2, 0) is 18.2 Å². The molecule has 0 aromatic carbocycles. The third kappa shape index (κ3) is 3.93. The van der Waals surface area contributed by atoms with E-state index in [4.69, 9.17) is 4.74 Å². The summed E-state index contributed by atoms with van der Waals surface area (Å²) in [5.41, 5.74) is 0.861. The molecule has 2 aromatic heterocycles. The number of hydrogen-bond acceptors (Lipinski definition) is 5. The summed E-state index contributed by atoms with van der Waals surface area (Å²) in [6.07, 6.45) is 4.64. The first kappa shape index (κ1) is 18.4. The molecular weight excluding hydrogens is 304 g/mol. The van der Waals surface area contributed by atoms with E-state index in [1.54, 1.807) is 17.8 Å². The quantitative estimate of drug-likeness (QED) is 0.912. The molecule has 6 nitrogen and oxygen atoms in total. The van der Waals surface area contributed by atoms with Crippen molar-refractivity contribution in [3.63, 3.8) is 0 Å². The van der Waals surface area contributed by atoms with Crippen LogP contribution < -0.4 is 10.9 Å². The van der Waals surface area contributed by atoms with E-state index in [1.807, 2.05) is 19.9 Å². The lowest BCUT2D eigenvalue weighted by Crippen LogP contribution is -2.21. The van der Waals surface area contributed by atoms with Gasteiger partial charge in [0.05, 0.1) is 17.7 Å².